The molecule has 2 fully saturated rings. The Hall–Kier alpha value is -3.20. The molecule has 31 heavy (non-hydrogen) atoms. The van der Waals surface area contributed by atoms with E-state index in [0.717, 1.165) is 43.6 Å². The number of nitro groups is 1. The van der Waals surface area contributed by atoms with Crippen LogP contribution in [-0.2, 0) is 5.60 Å². The summed E-state index contributed by atoms with van der Waals surface area (Å²) >= 11 is 0. The van der Waals surface area contributed by atoms with E-state index in [1.807, 2.05) is 36.4 Å². The van der Waals surface area contributed by atoms with Gasteiger partial charge in [0.05, 0.1) is 16.2 Å². The zero-order valence-corrected chi connectivity index (χ0v) is 17.2. The lowest BCUT2D eigenvalue weighted by Crippen LogP contribution is -2.42. The Bertz CT molecular complexity index is 1090. The van der Waals surface area contributed by atoms with Gasteiger partial charge in [-0.15, -0.1) is 0 Å². The standard InChI is InChI=1S/C22H25N5O4/c28-22(16-7-3-1-4-8-16)9-13-26(14-10-22)17-15-18(25-11-5-2-6-12-25)21(27(29)30)20-19(17)23-31-24-20/h1,3-4,7-8,15,28H,2,5-6,9-14H2. The Morgan fingerprint density at radius 1 is 0.935 bits per heavy atom. The lowest BCUT2D eigenvalue weighted by molar-refractivity contribution is -0.382. The van der Waals surface area contributed by atoms with E-state index < -0.39 is 5.60 Å². The number of hydrogen-bond donors (Lipinski definition) is 1. The van der Waals surface area contributed by atoms with Gasteiger partial charge in [0, 0.05) is 26.2 Å². The number of nitro benzene ring substituents is 1. The SMILES string of the molecule is O=[N+]([O-])c1c(N2CCCCC2)cc(N2CCC(O)(c3ccccc3)CC2)c2nonc12. The van der Waals surface area contributed by atoms with E-state index in [1.54, 1.807) is 0 Å². The van der Waals surface area contributed by atoms with E-state index in [9.17, 15) is 15.2 Å². The van der Waals surface area contributed by atoms with Crippen LogP contribution in [0.5, 0.6) is 0 Å². The summed E-state index contributed by atoms with van der Waals surface area (Å²) in [5.41, 5.74) is 1.93. The fraction of sp³-hybridized carbons (Fsp3) is 0.455. The molecule has 2 aliphatic rings. The monoisotopic (exact) mass is 423 g/mol. The Balaban J connectivity index is 1.51. The topological polar surface area (TPSA) is 109 Å². The third-order valence-corrected chi connectivity index (χ3v) is 6.59. The molecule has 0 spiro atoms. The molecule has 0 amide bonds. The summed E-state index contributed by atoms with van der Waals surface area (Å²) in [6, 6.07) is 11.6. The minimum absolute atomic E-state index is 0.0419. The second kappa shape index (κ2) is 7.81. The number of rotatable bonds is 4. The lowest BCUT2D eigenvalue weighted by atomic mass is 9.84. The number of fused-ring (bicyclic) bond motifs is 1. The molecule has 9 heteroatoms. The molecule has 9 nitrogen and oxygen atoms in total. The first-order chi connectivity index (χ1) is 15.1. The van der Waals surface area contributed by atoms with Crippen LogP contribution in [0.4, 0.5) is 17.1 Å². The second-order valence-corrected chi connectivity index (χ2v) is 8.41. The Morgan fingerprint density at radius 2 is 1.58 bits per heavy atom. The van der Waals surface area contributed by atoms with E-state index in [1.165, 1.54) is 0 Å². The fourth-order valence-corrected chi connectivity index (χ4v) is 4.85. The van der Waals surface area contributed by atoms with Crippen LogP contribution in [0.25, 0.3) is 11.0 Å². The van der Waals surface area contributed by atoms with Gasteiger partial charge in [-0.3, -0.25) is 10.1 Å². The van der Waals surface area contributed by atoms with Crippen LogP contribution in [0.1, 0.15) is 37.7 Å². The van der Waals surface area contributed by atoms with Crippen molar-refractivity contribution >= 4 is 28.1 Å². The average molecular weight is 423 g/mol. The Kier molecular flexibility index (Phi) is 4.97. The maximum atomic E-state index is 11.9. The molecule has 1 N–H and O–H groups in total. The van der Waals surface area contributed by atoms with Crippen molar-refractivity contribution in [3.63, 3.8) is 0 Å². The first-order valence-electron chi connectivity index (χ1n) is 10.8. The summed E-state index contributed by atoms with van der Waals surface area (Å²) < 4.78 is 4.94. The average Bonchev–Trinajstić information content (AvgIpc) is 3.29. The largest absolute Gasteiger partial charge is 0.385 e. The third-order valence-electron chi connectivity index (χ3n) is 6.59. The van der Waals surface area contributed by atoms with Crippen molar-refractivity contribution in [2.45, 2.75) is 37.7 Å². The minimum Gasteiger partial charge on any atom is -0.385 e. The van der Waals surface area contributed by atoms with Crippen molar-refractivity contribution in [1.82, 2.24) is 10.3 Å². The number of benzene rings is 2. The van der Waals surface area contributed by atoms with Crippen LogP contribution < -0.4 is 9.80 Å². The van der Waals surface area contributed by atoms with Crippen LogP contribution in [0.3, 0.4) is 0 Å². The van der Waals surface area contributed by atoms with E-state index in [0.29, 0.717) is 37.1 Å². The van der Waals surface area contributed by atoms with Gasteiger partial charge in [0.25, 0.3) is 0 Å². The predicted molar refractivity (Wildman–Crippen MR) is 116 cm³/mol. The number of aliphatic hydroxyl groups is 1. The lowest BCUT2D eigenvalue weighted by Gasteiger charge is -2.40. The summed E-state index contributed by atoms with van der Waals surface area (Å²) in [5, 5.41) is 31.0. The molecule has 3 aromatic rings. The van der Waals surface area contributed by atoms with Crippen molar-refractivity contribution in [3.05, 3.63) is 52.1 Å². The number of anilines is 2. The van der Waals surface area contributed by atoms with E-state index in [2.05, 4.69) is 20.1 Å². The third kappa shape index (κ3) is 3.48. The smallest absolute Gasteiger partial charge is 0.323 e. The van der Waals surface area contributed by atoms with Crippen molar-refractivity contribution < 1.29 is 14.7 Å². The highest BCUT2D eigenvalue weighted by Crippen LogP contribution is 2.43. The summed E-state index contributed by atoms with van der Waals surface area (Å²) in [7, 11) is 0. The molecule has 0 saturated carbocycles. The van der Waals surface area contributed by atoms with Gasteiger partial charge < -0.3 is 14.9 Å². The molecule has 0 radical (unpaired) electrons. The molecule has 0 atom stereocenters. The maximum Gasteiger partial charge on any atom is 0.323 e. The molecule has 2 aromatic carbocycles. The van der Waals surface area contributed by atoms with Gasteiger partial charge in [0.2, 0.25) is 5.52 Å². The highest BCUT2D eigenvalue weighted by molar-refractivity contribution is 6.00. The second-order valence-electron chi connectivity index (χ2n) is 8.41. The van der Waals surface area contributed by atoms with Gasteiger partial charge in [-0.2, -0.15) is 0 Å². The van der Waals surface area contributed by atoms with Crippen molar-refractivity contribution in [2.75, 3.05) is 36.0 Å². The number of nitrogens with zero attached hydrogens (tertiary/aromatic N) is 5. The number of aromatic nitrogens is 2. The highest BCUT2D eigenvalue weighted by Gasteiger charge is 2.36. The number of piperidine rings is 2. The molecule has 0 aliphatic carbocycles. The fourth-order valence-electron chi connectivity index (χ4n) is 4.85. The molecule has 162 valence electrons. The zero-order chi connectivity index (χ0) is 21.4. The molecule has 1 aromatic heterocycles. The summed E-state index contributed by atoms with van der Waals surface area (Å²) in [4.78, 5) is 15.7. The molecular weight excluding hydrogens is 398 g/mol. The van der Waals surface area contributed by atoms with E-state index in [-0.39, 0.29) is 16.1 Å². The molecule has 0 bridgehead atoms. The van der Waals surface area contributed by atoms with Gasteiger partial charge in [-0.05, 0) is 54.0 Å². The first-order valence-corrected chi connectivity index (χ1v) is 10.8. The van der Waals surface area contributed by atoms with Gasteiger partial charge in [0.15, 0.2) is 5.52 Å². The van der Waals surface area contributed by atoms with Crippen LogP contribution in [-0.4, -0.2) is 46.5 Å². The summed E-state index contributed by atoms with van der Waals surface area (Å²) in [6.07, 6.45) is 4.26. The molecule has 3 heterocycles. The molecular formula is C22H25N5O4. The normalized spacial score (nSPS) is 19.0. The Morgan fingerprint density at radius 3 is 2.26 bits per heavy atom. The van der Waals surface area contributed by atoms with Crippen LogP contribution in [0, 0.1) is 10.1 Å². The van der Waals surface area contributed by atoms with E-state index >= 15 is 0 Å². The molecule has 5 rings (SSSR count). The van der Waals surface area contributed by atoms with Gasteiger partial charge >= 0.3 is 5.69 Å². The number of hydrogen-bond acceptors (Lipinski definition) is 8. The highest BCUT2D eigenvalue weighted by atomic mass is 16.6. The van der Waals surface area contributed by atoms with Crippen molar-refractivity contribution in [2.24, 2.45) is 0 Å². The molecule has 2 aliphatic heterocycles. The van der Waals surface area contributed by atoms with Gasteiger partial charge in [-0.25, -0.2) is 4.63 Å². The maximum absolute atomic E-state index is 11.9. The van der Waals surface area contributed by atoms with Gasteiger partial charge in [0.1, 0.15) is 5.69 Å². The summed E-state index contributed by atoms with van der Waals surface area (Å²) in [5.74, 6) is 0. The minimum atomic E-state index is -0.880. The molecule has 0 unspecified atom stereocenters. The van der Waals surface area contributed by atoms with Crippen LogP contribution in [0.2, 0.25) is 0 Å². The first kappa shape index (κ1) is 19.7. The molecule has 2 saturated heterocycles. The van der Waals surface area contributed by atoms with Crippen molar-refractivity contribution in [3.8, 4) is 0 Å². The van der Waals surface area contributed by atoms with E-state index in [4.69, 9.17) is 4.63 Å². The Labute approximate surface area is 179 Å². The predicted octanol–water partition coefficient (Wildman–Crippen LogP) is 3.61. The summed E-state index contributed by atoms with van der Waals surface area (Å²) in [6.45, 7) is 2.77. The zero-order valence-electron chi connectivity index (χ0n) is 17.2. The van der Waals surface area contributed by atoms with Gasteiger partial charge in [-0.1, -0.05) is 30.3 Å². The quantitative estimate of drug-likeness (QED) is 0.501. The van der Waals surface area contributed by atoms with Crippen molar-refractivity contribution in [1.29, 1.82) is 0 Å². The van der Waals surface area contributed by atoms with Crippen LogP contribution in [0.15, 0.2) is 41.0 Å². The van der Waals surface area contributed by atoms with Crippen LogP contribution >= 0.6 is 0 Å².